The smallest absolute Gasteiger partial charge is 0.278 e. The van der Waals surface area contributed by atoms with Gasteiger partial charge in [0.2, 0.25) is 0 Å². The number of benzene rings is 1. The number of nitrogens with zero attached hydrogens (tertiary/aromatic N) is 1. The molecule has 3 rings (SSSR count). The van der Waals surface area contributed by atoms with Gasteiger partial charge in [0, 0.05) is 35.5 Å². The molecular weight excluding hydrogens is 312 g/mol. The molecule has 2 aromatic rings. The van der Waals surface area contributed by atoms with Gasteiger partial charge in [-0.1, -0.05) is 12.1 Å². The molecule has 0 amide bonds. The van der Waals surface area contributed by atoms with Crippen molar-refractivity contribution in [2.45, 2.75) is 19.4 Å². The second kappa shape index (κ2) is 7.68. The van der Waals surface area contributed by atoms with Gasteiger partial charge in [0.05, 0.1) is 17.1 Å². The highest BCUT2D eigenvalue weighted by Crippen LogP contribution is 2.34. The third-order valence-corrected chi connectivity index (χ3v) is 5.13. The molecule has 1 aliphatic rings. The fraction of sp³-hybridized carbons (Fsp3) is 0.412. The maximum Gasteiger partial charge on any atom is 0.278 e. The molecule has 6 heteroatoms. The van der Waals surface area contributed by atoms with Crippen LogP contribution in [0.5, 0.6) is 0 Å². The molecule has 1 aliphatic heterocycles. The Morgan fingerprint density at radius 2 is 2.17 bits per heavy atom. The first-order valence-corrected chi connectivity index (χ1v) is 8.66. The minimum atomic E-state index is -0.323. The van der Waals surface area contributed by atoms with Crippen molar-refractivity contribution in [2.75, 3.05) is 19.8 Å². The Bertz CT molecular complexity index is 665. The summed E-state index contributed by atoms with van der Waals surface area (Å²) in [5.74, 6) is 0.596. The van der Waals surface area contributed by atoms with Gasteiger partial charge in [-0.2, -0.15) is 0 Å². The van der Waals surface area contributed by atoms with E-state index in [-0.39, 0.29) is 10.6 Å². The predicted octanol–water partition coefficient (Wildman–Crippen LogP) is 3.84. The third-order valence-electron chi connectivity index (χ3n) is 4.01. The molecule has 1 fully saturated rings. The van der Waals surface area contributed by atoms with Crippen LogP contribution in [-0.4, -0.2) is 24.7 Å². The summed E-state index contributed by atoms with van der Waals surface area (Å²) < 4.78 is 5.48. The molecule has 0 saturated carbocycles. The minimum absolute atomic E-state index is 0.160. The second-order valence-electron chi connectivity index (χ2n) is 5.75. The van der Waals surface area contributed by atoms with Crippen LogP contribution in [0.2, 0.25) is 0 Å². The van der Waals surface area contributed by atoms with Gasteiger partial charge in [0.1, 0.15) is 0 Å². The Hall–Kier alpha value is -1.76. The molecular formula is C17H20N2O3S. The molecule has 1 unspecified atom stereocenters. The van der Waals surface area contributed by atoms with Crippen LogP contribution in [0.4, 0.5) is 5.69 Å². The summed E-state index contributed by atoms with van der Waals surface area (Å²) in [6.07, 6.45) is 2.37. The summed E-state index contributed by atoms with van der Waals surface area (Å²) in [5.41, 5.74) is 0.850. The van der Waals surface area contributed by atoms with E-state index in [2.05, 4.69) is 5.32 Å². The number of rotatable bonds is 6. The lowest BCUT2D eigenvalue weighted by atomic mass is 10.0. The predicted molar refractivity (Wildman–Crippen MR) is 91.7 cm³/mol. The first-order valence-electron chi connectivity index (χ1n) is 7.85. The number of para-hydroxylation sites is 1. The lowest BCUT2D eigenvalue weighted by molar-refractivity contribution is -0.384. The van der Waals surface area contributed by atoms with E-state index in [4.69, 9.17) is 4.74 Å². The number of ether oxygens (including phenoxy) is 1. The van der Waals surface area contributed by atoms with Crippen molar-refractivity contribution in [1.82, 2.24) is 5.32 Å². The van der Waals surface area contributed by atoms with Crippen LogP contribution in [-0.2, 0) is 11.3 Å². The summed E-state index contributed by atoms with van der Waals surface area (Å²) in [7, 11) is 0. The normalized spacial score (nSPS) is 18.0. The molecule has 2 heterocycles. The molecule has 0 spiro atoms. The zero-order valence-electron chi connectivity index (χ0n) is 12.9. The Balaban J connectivity index is 1.61. The first kappa shape index (κ1) is 16.1. The number of hydrogen-bond donors (Lipinski definition) is 1. The van der Waals surface area contributed by atoms with Crippen LogP contribution in [0.1, 0.15) is 17.7 Å². The fourth-order valence-corrected chi connectivity index (χ4v) is 3.84. The average Bonchev–Trinajstić information content (AvgIpc) is 3.04. The van der Waals surface area contributed by atoms with Crippen molar-refractivity contribution in [3.63, 3.8) is 0 Å². The van der Waals surface area contributed by atoms with Crippen molar-refractivity contribution in [2.24, 2.45) is 5.92 Å². The minimum Gasteiger partial charge on any atom is -0.381 e. The highest BCUT2D eigenvalue weighted by atomic mass is 32.1. The van der Waals surface area contributed by atoms with Gasteiger partial charge < -0.3 is 10.1 Å². The molecule has 0 bridgehead atoms. The molecule has 122 valence electrons. The first-order chi connectivity index (χ1) is 11.2. The van der Waals surface area contributed by atoms with Crippen LogP contribution in [0.25, 0.3) is 10.4 Å². The van der Waals surface area contributed by atoms with Crippen LogP contribution in [0, 0.1) is 16.0 Å². The van der Waals surface area contributed by atoms with E-state index >= 15 is 0 Å². The van der Waals surface area contributed by atoms with E-state index in [0.29, 0.717) is 11.5 Å². The summed E-state index contributed by atoms with van der Waals surface area (Å²) in [6.45, 7) is 3.49. The molecule has 1 atom stereocenters. The summed E-state index contributed by atoms with van der Waals surface area (Å²) in [5, 5.41) is 14.6. The van der Waals surface area contributed by atoms with Gasteiger partial charge in [-0.15, -0.1) is 11.3 Å². The molecule has 1 N–H and O–H groups in total. The quantitative estimate of drug-likeness (QED) is 0.645. The topological polar surface area (TPSA) is 64.4 Å². The van der Waals surface area contributed by atoms with Crippen LogP contribution in [0.3, 0.4) is 0 Å². The zero-order valence-corrected chi connectivity index (χ0v) is 13.7. The number of nitro benzene ring substituents is 1. The van der Waals surface area contributed by atoms with Gasteiger partial charge in [-0.25, -0.2) is 0 Å². The molecule has 23 heavy (non-hydrogen) atoms. The molecule has 5 nitrogen and oxygen atoms in total. The molecule has 0 aliphatic carbocycles. The lowest BCUT2D eigenvalue weighted by Crippen LogP contribution is -2.28. The SMILES string of the molecule is O=[N+]([O-])c1ccccc1-c1ccc(CNCC2CCCOC2)s1. The van der Waals surface area contributed by atoms with Gasteiger partial charge in [0.25, 0.3) is 5.69 Å². The van der Waals surface area contributed by atoms with E-state index in [1.165, 1.54) is 11.3 Å². The van der Waals surface area contributed by atoms with E-state index in [1.54, 1.807) is 29.5 Å². The summed E-state index contributed by atoms with van der Waals surface area (Å²) in [6, 6.07) is 10.9. The van der Waals surface area contributed by atoms with Gasteiger partial charge in [-0.05, 0) is 37.0 Å². The Kier molecular flexibility index (Phi) is 5.38. The largest absolute Gasteiger partial charge is 0.381 e. The number of thiophene rings is 1. The maximum absolute atomic E-state index is 11.1. The zero-order chi connectivity index (χ0) is 16.1. The Morgan fingerprint density at radius 1 is 1.30 bits per heavy atom. The highest BCUT2D eigenvalue weighted by molar-refractivity contribution is 7.15. The van der Waals surface area contributed by atoms with E-state index in [9.17, 15) is 10.1 Å². The highest BCUT2D eigenvalue weighted by Gasteiger charge is 2.16. The Morgan fingerprint density at radius 3 is 2.96 bits per heavy atom. The number of hydrogen-bond acceptors (Lipinski definition) is 5. The lowest BCUT2D eigenvalue weighted by Gasteiger charge is -2.22. The molecule has 1 aromatic heterocycles. The van der Waals surface area contributed by atoms with Crippen LogP contribution in [0.15, 0.2) is 36.4 Å². The number of nitrogens with one attached hydrogen (secondary N) is 1. The average molecular weight is 332 g/mol. The number of nitro groups is 1. The van der Waals surface area contributed by atoms with E-state index in [1.807, 2.05) is 18.2 Å². The molecule has 1 saturated heterocycles. The summed E-state index contributed by atoms with van der Waals surface area (Å²) >= 11 is 1.61. The molecule has 1 aromatic carbocycles. The van der Waals surface area contributed by atoms with Crippen molar-refractivity contribution < 1.29 is 9.66 Å². The van der Waals surface area contributed by atoms with Crippen molar-refractivity contribution in [1.29, 1.82) is 0 Å². The van der Waals surface area contributed by atoms with E-state index in [0.717, 1.165) is 37.6 Å². The van der Waals surface area contributed by atoms with Gasteiger partial charge in [-0.3, -0.25) is 10.1 Å². The van der Waals surface area contributed by atoms with Crippen LogP contribution >= 0.6 is 11.3 Å². The van der Waals surface area contributed by atoms with E-state index < -0.39 is 0 Å². The van der Waals surface area contributed by atoms with Crippen LogP contribution < -0.4 is 5.32 Å². The Labute approximate surface area is 139 Å². The standard InChI is InChI=1S/C17H20N2O3S/c20-19(21)16-6-2-1-5-15(16)17-8-7-14(23-17)11-18-10-13-4-3-9-22-12-13/h1-2,5-8,13,18H,3-4,9-12H2. The monoisotopic (exact) mass is 332 g/mol. The van der Waals surface area contributed by atoms with Crippen molar-refractivity contribution >= 4 is 17.0 Å². The molecule has 0 radical (unpaired) electrons. The van der Waals surface area contributed by atoms with Gasteiger partial charge >= 0.3 is 0 Å². The van der Waals surface area contributed by atoms with Crippen molar-refractivity contribution in [3.05, 3.63) is 51.4 Å². The maximum atomic E-state index is 11.1. The summed E-state index contributed by atoms with van der Waals surface area (Å²) in [4.78, 5) is 12.9. The van der Waals surface area contributed by atoms with Crippen molar-refractivity contribution in [3.8, 4) is 10.4 Å². The fourth-order valence-electron chi connectivity index (χ4n) is 2.83. The third kappa shape index (κ3) is 4.16. The second-order valence-corrected chi connectivity index (χ2v) is 6.92. The van der Waals surface area contributed by atoms with Gasteiger partial charge in [0.15, 0.2) is 0 Å².